The van der Waals surface area contributed by atoms with Gasteiger partial charge in [-0.25, -0.2) is 0 Å². The summed E-state index contributed by atoms with van der Waals surface area (Å²) in [6.07, 6.45) is 0. The molecule has 0 amide bonds. The molecule has 0 atom stereocenters. The van der Waals surface area contributed by atoms with Crippen molar-refractivity contribution in [3.8, 4) is 5.75 Å². The molecular formula is C14H21NO2. The van der Waals surface area contributed by atoms with Crippen molar-refractivity contribution in [1.82, 2.24) is 5.32 Å². The molecule has 0 heterocycles. The lowest BCUT2D eigenvalue weighted by atomic mass is 10.1. The molecule has 3 nitrogen and oxygen atoms in total. The van der Waals surface area contributed by atoms with E-state index in [2.05, 4.69) is 19.2 Å². The first kappa shape index (κ1) is 13.7. The van der Waals surface area contributed by atoms with E-state index < -0.39 is 0 Å². The van der Waals surface area contributed by atoms with Crippen LogP contribution < -0.4 is 10.1 Å². The van der Waals surface area contributed by atoms with E-state index in [4.69, 9.17) is 4.74 Å². The van der Waals surface area contributed by atoms with E-state index in [1.165, 1.54) is 0 Å². The van der Waals surface area contributed by atoms with Crippen molar-refractivity contribution in [2.45, 2.75) is 20.8 Å². The van der Waals surface area contributed by atoms with Crippen LogP contribution in [-0.2, 0) is 0 Å². The zero-order valence-corrected chi connectivity index (χ0v) is 11.0. The summed E-state index contributed by atoms with van der Waals surface area (Å²) in [4.78, 5) is 11.9. The number of ketones is 1. The second-order valence-corrected chi connectivity index (χ2v) is 4.63. The van der Waals surface area contributed by atoms with Crippen LogP contribution in [0.4, 0.5) is 0 Å². The maximum absolute atomic E-state index is 11.9. The molecule has 1 N–H and O–H groups in total. The Bertz CT molecular complexity index is 386. The molecule has 0 aliphatic carbocycles. The normalized spacial score (nSPS) is 10.6. The molecule has 1 rings (SSSR count). The Kier molecular flexibility index (Phi) is 5.16. The number of ether oxygens (including phenoxy) is 1. The molecule has 0 fully saturated rings. The van der Waals surface area contributed by atoms with Crippen LogP contribution in [0, 0.1) is 12.8 Å². The Morgan fingerprint density at radius 2 is 2.12 bits per heavy atom. The highest BCUT2D eigenvalue weighted by Gasteiger charge is 2.07. The lowest BCUT2D eigenvalue weighted by molar-refractivity contribution is 0.0990. The number of nitrogens with one attached hydrogen (secondary N) is 1. The lowest BCUT2D eigenvalue weighted by Gasteiger charge is -2.08. The fourth-order valence-corrected chi connectivity index (χ4v) is 1.63. The molecule has 0 aromatic heterocycles. The Hall–Kier alpha value is -1.35. The van der Waals surface area contributed by atoms with E-state index in [9.17, 15) is 4.79 Å². The van der Waals surface area contributed by atoms with Crippen LogP contribution in [-0.4, -0.2) is 26.0 Å². The Balaban J connectivity index is 2.60. The van der Waals surface area contributed by atoms with Gasteiger partial charge in [0.2, 0.25) is 0 Å². The number of carbonyl (C=O) groups is 1. The summed E-state index contributed by atoms with van der Waals surface area (Å²) in [7, 11) is 1.63. The second kappa shape index (κ2) is 6.40. The molecule has 1 aromatic rings. The highest BCUT2D eigenvalue weighted by molar-refractivity contribution is 5.97. The monoisotopic (exact) mass is 235 g/mol. The van der Waals surface area contributed by atoms with Crippen LogP contribution in [0.3, 0.4) is 0 Å². The average molecular weight is 235 g/mol. The zero-order valence-electron chi connectivity index (χ0n) is 11.0. The molecule has 3 heteroatoms. The molecule has 0 saturated carbocycles. The predicted octanol–water partition coefficient (Wildman–Crippen LogP) is 2.43. The number of Topliss-reactive ketones (excluding diaryl/α,β-unsaturated/α-hetero) is 1. The highest BCUT2D eigenvalue weighted by Crippen LogP contribution is 2.18. The van der Waals surface area contributed by atoms with E-state index in [-0.39, 0.29) is 5.78 Å². The van der Waals surface area contributed by atoms with Crippen molar-refractivity contribution in [2.24, 2.45) is 5.92 Å². The van der Waals surface area contributed by atoms with Gasteiger partial charge in [0.05, 0.1) is 13.7 Å². The minimum Gasteiger partial charge on any atom is -0.496 e. The number of aryl methyl sites for hydroxylation is 1. The minimum absolute atomic E-state index is 0.122. The van der Waals surface area contributed by atoms with E-state index in [0.29, 0.717) is 12.5 Å². The summed E-state index contributed by atoms with van der Waals surface area (Å²) in [5, 5.41) is 3.15. The van der Waals surface area contributed by atoms with E-state index in [0.717, 1.165) is 23.4 Å². The summed E-state index contributed by atoms with van der Waals surface area (Å²) in [6.45, 7) is 7.44. The molecular weight excluding hydrogens is 214 g/mol. The zero-order chi connectivity index (χ0) is 12.8. The molecule has 94 valence electrons. The van der Waals surface area contributed by atoms with Crippen LogP contribution in [0.25, 0.3) is 0 Å². The second-order valence-electron chi connectivity index (χ2n) is 4.63. The van der Waals surface area contributed by atoms with E-state index in [1.807, 2.05) is 25.1 Å². The van der Waals surface area contributed by atoms with Gasteiger partial charge in [0.1, 0.15) is 5.75 Å². The predicted molar refractivity (Wildman–Crippen MR) is 69.8 cm³/mol. The number of benzene rings is 1. The molecule has 0 saturated heterocycles. The third-order valence-corrected chi connectivity index (χ3v) is 2.55. The highest BCUT2D eigenvalue weighted by atomic mass is 16.5. The maximum atomic E-state index is 11.9. The largest absolute Gasteiger partial charge is 0.496 e. The lowest BCUT2D eigenvalue weighted by Crippen LogP contribution is -2.26. The minimum atomic E-state index is 0.122. The van der Waals surface area contributed by atoms with Gasteiger partial charge in [-0.15, -0.1) is 0 Å². The standard InChI is InChI=1S/C14H21NO2/c1-10(2)8-15-9-13(16)12-5-6-14(17-4)11(3)7-12/h5-7,10,15H,8-9H2,1-4H3. The van der Waals surface area contributed by atoms with Crippen LogP contribution in [0.15, 0.2) is 18.2 Å². The molecule has 0 aliphatic heterocycles. The summed E-state index contributed by atoms with van der Waals surface area (Å²) in [5.74, 6) is 1.49. The van der Waals surface area contributed by atoms with Gasteiger partial charge in [-0.2, -0.15) is 0 Å². The summed E-state index contributed by atoms with van der Waals surface area (Å²) >= 11 is 0. The Morgan fingerprint density at radius 3 is 2.65 bits per heavy atom. The third-order valence-electron chi connectivity index (χ3n) is 2.55. The van der Waals surface area contributed by atoms with Gasteiger partial charge in [0, 0.05) is 5.56 Å². The topological polar surface area (TPSA) is 38.3 Å². The van der Waals surface area contributed by atoms with Gasteiger partial charge in [-0.1, -0.05) is 13.8 Å². The summed E-state index contributed by atoms with van der Waals surface area (Å²) in [5.41, 5.74) is 1.72. The molecule has 0 spiro atoms. The van der Waals surface area contributed by atoms with Crippen molar-refractivity contribution in [3.63, 3.8) is 0 Å². The number of hydrogen-bond donors (Lipinski definition) is 1. The Labute approximate surface area is 103 Å². The maximum Gasteiger partial charge on any atom is 0.176 e. The van der Waals surface area contributed by atoms with Crippen molar-refractivity contribution in [1.29, 1.82) is 0 Å². The summed E-state index contributed by atoms with van der Waals surface area (Å²) in [6, 6.07) is 5.52. The van der Waals surface area contributed by atoms with Gasteiger partial charge >= 0.3 is 0 Å². The van der Waals surface area contributed by atoms with E-state index >= 15 is 0 Å². The first-order chi connectivity index (χ1) is 8.04. The third kappa shape index (κ3) is 4.19. The quantitative estimate of drug-likeness (QED) is 0.770. The van der Waals surface area contributed by atoms with Crippen LogP contribution in [0.2, 0.25) is 0 Å². The Morgan fingerprint density at radius 1 is 1.41 bits per heavy atom. The van der Waals surface area contributed by atoms with Crippen molar-refractivity contribution in [2.75, 3.05) is 20.2 Å². The van der Waals surface area contributed by atoms with Crippen LogP contribution >= 0.6 is 0 Å². The molecule has 17 heavy (non-hydrogen) atoms. The number of hydrogen-bond acceptors (Lipinski definition) is 3. The number of rotatable bonds is 6. The van der Waals surface area contributed by atoms with Gasteiger partial charge in [-0.05, 0) is 43.1 Å². The van der Waals surface area contributed by atoms with Gasteiger partial charge in [0.25, 0.3) is 0 Å². The van der Waals surface area contributed by atoms with Gasteiger partial charge < -0.3 is 10.1 Å². The SMILES string of the molecule is COc1ccc(C(=O)CNCC(C)C)cc1C. The summed E-state index contributed by atoms with van der Waals surface area (Å²) < 4.78 is 5.17. The molecule has 0 aliphatic rings. The smallest absolute Gasteiger partial charge is 0.176 e. The molecule has 0 radical (unpaired) electrons. The van der Waals surface area contributed by atoms with Gasteiger partial charge in [-0.3, -0.25) is 4.79 Å². The number of carbonyl (C=O) groups excluding carboxylic acids is 1. The fourth-order valence-electron chi connectivity index (χ4n) is 1.63. The molecule has 0 unspecified atom stereocenters. The molecule has 0 bridgehead atoms. The van der Waals surface area contributed by atoms with Crippen molar-refractivity contribution >= 4 is 5.78 Å². The van der Waals surface area contributed by atoms with Crippen molar-refractivity contribution in [3.05, 3.63) is 29.3 Å². The first-order valence-electron chi connectivity index (χ1n) is 5.93. The first-order valence-corrected chi connectivity index (χ1v) is 5.93. The number of methoxy groups -OCH3 is 1. The van der Waals surface area contributed by atoms with E-state index in [1.54, 1.807) is 7.11 Å². The van der Waals surface area contributed by atoms with Crippen LogP contribution in [0.5, 0.6) is 5.75 Å². The fraction of sp³-hybridized carbons (Fsp3) is 0.500. The van der Waals surface area contributed by atoms with Crippen LogP contribution in [0.1, 0.15) is 29.8 Å². The van der Waals surface area contributed by atoms with Gasteiger partial charge in [0.15, 0.2) is 5.78 Å². The average Bonchev–Trinajstić information content (AvgIpc) is 2.28. The molecule has 1 aromatic carbocycles. The van der Waals surface area contributed by atoms with Crippen molar-refractivity contribution < 1.29 is 9.53 Å².